The number of anilines is 1. The van der Waals surface area contributed by atoms with Crippen LogP contribution in [0.5, 0.6) is 0 Å². The number of nitrogens with zero attached hydrogens (tertiary/aromatic N) is 3. The van der Waals surface area contributed by atoms with Gasteiger partial charge in [-0.15, -0.1) is 0 Å². The van der Waals surface area contributed by atoms with Gasteiger partial charge in [-0.05, 0) is 33.8 Å². The van der Waals surface area contributed by atoms with Gasteiger partial charge in [-0.2, -0.15) is 5.10 Å². The molecule has 0 radical (unpaired) electrons. The molecule has 96 valence electrons. The highest BCUT2D eigenvalue weighted by atomic mass is 16.4. The third kappa shape index (κ3) is 3.80. The second kappa shape index (κ2) is 6.99. The van der Waals surface area contributed by atoms with Crippen molar-refractivity contribution in [2.24, 2.45) is 5.10 Å². The van der Waals surface area contributed by atoms with Crippen molar-refractivity contribution in [3.05, 3.63) is 17.9 Å². The molecule has 0 spiro atoms. The van der Waals surface area contributed by atoms with E-state index in [1.165, 1.54) is 0 Å². The molecule has 1 heterocycles. The largest absolute Gasteiger partial charge is 0.440 e. The first kappa shape index (κ1) is 13.6. The molecule has 0 atom stereocenters. The number of hydrogen-bond acceptors (Lipinski definition) is 4. The molecule has 0 aliphatic carbocycles. The second-order valence-corrected chi connectivity index (χ2v) is 3.73. The average molecular weight is 237 g/mol. The Bertz CT molecular complexity index is 338. The first-order valence-corrected chi connectivity index (χ1v) is 6.38. The second-order valence-electron chi connectivity index (χ2n) is 3.73. The van der Waals surface area contributed by atoms with Gasteiger partial charge >= 0.3 is 0 Å². The number of rotatable bonds is 7. The predicted molar refractivity (Wildman–Crippen MR) is 72.8 cm³/mol. The number of hydrogen-bond donors (Lipinski definition) is 0. The fourth-order valence-corrected chi connectivity index (χ4v) is 1.64. The summed E-state index contributed by atoms with van der Waals surface area (Å²) < 4.78 is 5.72. The van der Waals surface area contributed by atoms with Crippen molar-refractivity contribution in [2.75, 3.05) is 31.1 Å². The quantitative estimate of drug-likeness (QED) is 0.540. The van der Waals surface area contributed by atoms with Crippen molar-refractivity contribution in [1.82, 2.24) is 5.01 Å². The van der Waals surface area contributed by atoms with Crippen LogP contribution in [0.15, 0.2) is 21.7 Å². The third-order valence-corrected chi connectivity index (χ3v) is 2.77. The van der Waals surface area contributed by atoms with E-state index in [2.05, 4.69) is 37.7 Å². The van der Waals surface area contributed by atoms with Gasteiger partial charge < -0.3 is 9.32 Å². The van der Waals surface area contributed by atoms with Crippen LogP contribution < -0.4 is 4.90 Å². The van der Waals surface area contributed by atoms with Crippen LogP contribution in [0.3, 0.4) is 0 Å². The molecular weight excluding hydrogens is 214 g/mol. The van der Waals surface area contributed by atoms with Crippen LogP contribution in [0.25, 0.3) is 0 Å². The maximum absolute atomic E-state index is 5.72. The maximum atomic E-state index is 5.72. The van der Waals surface area contributed by atoms with Crippen molar-refractivity contribution >= 4 is 12.1 Å². The molecule has 0 aliphatic heterocycles. The highest BCUT2D eigenvalue weighted by Gasteiger charge is 2.06. The molecule has 0 aliphatic rings. The minimum atomic E-state index is 0.804. The summed E-state index contributed by atoms with van der Waals surface area (Å²) in [7, 11) is 0. The third-order valence-electron chi connectivity index (χ3n) is 2.77. The van der Waals surface area contributed by atoms with Gasteiger partial charge in [-0.25, -0.2) is 0 Å². The molecule has 0 N–H and O–H groups in total. The van der Waals surface area contributed by atoms with E-state index < -0.39 is 0 Å². The highest BCUT2D eigenvalue weighted by molar-refractivity contribution is 5.76. The first-order chi connectivity index (χ1) is 8.24. The fraction of sp³-hybridized carbons (Fsp3) is 0.615. The lowest BCUT2D eigenvalue weighted by atomic mass is 10.4. The van der Waals surface area contributed by atoms with Crippen LogP contribution in [0, 0.1) is 0 Å². The molecule has 0 aromatic carbocycles. The zero-order valence-electron chi connectivity index (χ0n) is 11.3. The van der Waals surface area contributed by atoms with E-state index in [9.17, 15) is 0 Å². The first-order valence-electron chi connectivity index (χ1n) is 6.38. The van der Waals surface area contributed by atoms with Gasteiger partial charge in [-0.1, -0.05) is 0 Å². The lowest BCUT2D eigenvalue weighted by molar-refractivity contribution is 0.322. The fourth-order valence-electron chi connectivity index (χ4n) is 1.64. The monoisotopic (exact) mass is 237 g/mol. The van der Waals surface area contributed by atoms with E-state index in [-0.39, 0.29) is 0 Å². The Labute approximate surface area is 104 Å². The van der Waals surface area contributed by atoms with Crippen LogP contribution in [0.2, 0.25) is 0 Å². The minimum absolute atomic E-state index is 0.804. The Morgan fingerprint density at radius 2 is 1.71 bits per heavy atom. The maximum Gasteiger partial charge on any atom is 0.196 e. The summed E-state index contributed by atoms with van der Waals surface area (Å²) in [6.45, 7) is 12.2. The summed E-state index contributed by atoms with van der Waals surface area (Å²) in [5, 5.41) is 6.34. The summed E-state index contributed by atoms with van der Waals surface area (Å²) in [6, 6.07) is 3.96. The molecule has 1 rings (SSSR count). The number of furan rings is 1. The SMILES string of the molecule is CCN(CC)N=Cc1ccc(N(CC)CC)o1. The molecule has 0 saturated carbocycles. The molecule has 1 aromatic heterocycles. The van der Waals surface area contributed by atoms with Crippen LogP contribution in [-0.2, 0) is 0 Å². The van der Waals surface area contributed by atoms with E-state index >= 15 is 0 Å². The van der Waals surface area contributed by atoms with Crippen LogP contribution in [0.4, 0.5) is 5.88 Å². The van der Waals surface area contributed by atoms with Crippen molar-refractivity contribution in [1.29, 1.82) is 0 Å². The van der Waals surface area contributed by atoms with Gasteiger partial charge in [0.15, 0.2) is 5.88 Å². The molecular formula is C13H23N3O. The van der Waals surface area contributed by atoms with Gasteiger partial charge in [0, 0.05) is 32.2 Å². The Kier molecular flexibility index (Phi) is 5.60. The zero-order valence-corrected chi connectivity index (χ0v) is 11.3. The van der Waals surface area contributed by atoms with Crippen molar-refractivity contribution in [2.45, 2.75) is 27.7 Å². The smallest absolute Gasteiger partial charge is 0.196 e. The standard InChI is InChI=1S/C13H23N3O/c1-5-15(6-2)13-10-9-12(17-13)11-14-16(7-3)8-4/h9-11H,5-8H2,1-4H3. The van der Waals surface area contributed by atoms with Gasteiger partial charge in [-0.3, -0.25) is 5.01 Å². The van der Waals surface area contributed by atoms with Crippen LogP contribution in [-0.4, -0.2) is 37.4 Å². The van der Waals surface area contributed by atoms with E-state index in [1.807, 2.05) is 17.1 Å². The van der Waals surface area contributed by atoms with Gasteiger partial charge in [0.2, 0.25) is 0 Å². The van der Waals surface area contributed by atoms with E-state index in [4.69, 9.17) is 4.42 Å². The van der Waals surface area contributed by atoms with E-state index in [0.717, 1.165) is 37.8 Å². The van der Waals surface area contributed by atoms with E-state index in [1.54, 1.807) is 6.21 Å². The zero-order chi connectivity index (χ0) is 12.7. The minimum Gasteiger partial charge on any atom is -0.440 e. The summed E-state index contributed by atoms with van der Waals surface area (Å²) in [5.41, 5.74) is 0. The summed E-state index contributed by atoms with van der Waals surface area (Å²) in [4.78, 5) is 2.18. The Hall–Kier alpha value is -1.45. The van der Waals surface area contributed by atoms with Crippen LogP contribution >= 0.6 is 0 Å². The molecule has 4 heteroatoms. The molecule has 0 amide bonds. The van der Waals surface area contributed by atoms with Gasteiger partial charge in [0.1, 0.15) is 5.76 Å². The van der Waals surface area contributed by atoms with Crippen molar-refractivity contribution < 1.29 is 4.42 Å². The van der Waals surface area contributed by atoms with Gasteiger partial charge in [0.25, 0.3) is 0 Å². The molecule has 0 bridgehead atoms. The van der Waals surface area contributed by atoms with E-state index in [0.29, 0.717) is 0 Å². The molecule has 0 unspecified atom stereocenters. The summed E-state index contributed by atoms with van der Waals surface area (Å²) in [5.74, 6) is 1.72. The lowest BCUT2D eigenvalue weighted by Gasteiger charge is -2.16. The summed E-state index contributed by atoms with van der Waals surface area (Å²) in [6.07, 6.45) is 1.78. The van der Waals surface area contributed by atoms with Crippen LogP contribution in [0.1, 0.15) is 33.5 Å². The van der Waals surface area contributed by atoms with Crippen molar-refractivity contribution in [3.8, 4) is 0 Å². The van der Waals surface area contributed by atoms with Gasteiger partial charge in [0.05, 0.1) is 6.21 Å². The Balaban J connectivity index is 2.68. The Morgan fingerprint density at radius 3 is 2.24 bits per heavy atom. The summed E-state index contributed by atoms with van der Waals surface area (Å²) >= 11 is 0. The molecule has 0 fully saturated rings. The normalized spacial score (nSPS) is 11.1. The molecule has 1 aromatic rings. The topological polar surface area (TPSA) is 32.0 Å². The molecule has 0 saturated heterocycles. The highest BCUT2D eigenvalue weighted by Crippen LogP contribution is 2.16. The average Bonchev–Trinajstić information content (AvgIpc) is 2.81. The lowest BCUT2D eigenvalue weighted by Crippen LogP contribution is -2.20. The molecule has 17 heavy (non-hydrogen) atoms. The predicted octanol–water partition coefficient (Wildman–Crippen LogP) is 2.80. The molecule has 4 nitrogen and oxygen atoms in total. The Morgan fingerprint density at radius 1 is 1.06 bits per heavy atom. The number of hydrazone groups is 1. The van der Waals surface area contributed by atoms with Crippen molar-refractivity contribution in [3.63, 3.8) is 0 Å².